The minimum atomic E-state index is -0.584. The first-order chi connectivity index (χ1) is 17.1. The van der Waals surface area contributed by atoms with E-state index < -0.39 is 17.5 Å². The van der Waals surface area contributed by atoms with Gasteiger partial charge >= 0.3 is 5.97 Å². The van der Waals surface area contributed by atoms with Crippen LogP contribution in [0.1, 0.15) is 52.7 Å². The van der Waals surface area contributed by atoms with Gasteiger partial charge in [-0.25, -0.2) is 14.8 Å². The summed E-state index contributed by atoms with van der Waals surface area (Å²) in [6.45, 7) is 5.94. The van der Waals surface area contributed by atoms with Crippen LogP contribution in [0.25, 0.3) is 10.9 Å². The van der Waals surface area contributed by atoms with Gasteiger partial charge in [-0.15, -0.1) is 0 Å². The molecule has 2 heterocycles. The third kappa shape index (κ3) is 6.14. The van der Waals surface area contributed by atoms with Gasteiger partial charge in [-0.1, -0.05) is 35.9 Å². The molecule has 2 aromatic heterocycles. The van der Waals surface area contributed by atoms with Crippen LogP contribution in [0.2, 0.25) is 5.02 Å². The fourth-order valence-corrected chi connectivity index (χ4v) is 3.71. The fourth-order valence-electron chi connectivity index (χ4n) is 3.50. The van der Waals surface area contributed by atoms with Crippen molar-refractivity contribution in [3.8, 4) is 0 Å². The SMILES string of the molecule is CC(C)(C)OC(=O)c1ccc(Cn2cnc3cnc(C(=O)NCc4cccc(Cl)c4)cc3c2=O)cc1. The third-order valence-electron chi connectivity index (χ3n) is 5.23. The number of carbonyl (C=O) groups is 2. The lowest BCUT2D eigenvalue weighted by molar-refractivity contribution is 0.00694. The van der Waals surface area contributed by atoms with E-state index in [-0.39, 0.29) is 29.7 Å². The van der Waals surface area contributed by atoms with E-state index in [0.29, 0.717) is 16.1 Å². The van der Waals surface area contributed by atoms with Crippen molar-refractivity contribution in [3.63, 3.8) is 0 Å². The summed E-state index contributed by atoms with van der Waals surface area (Å²) in [5.41, 5.74) is 1.70. The van der Waals surface area contributed by atoms with Gasteiger partial charge in [0.15, 0.2) is 0 Å². The molecule has 0 radical (unpaired) electrons. The second-order valence-electron chi connectivity index (χ2n) is 9.28. The first-order valence-corrected chi connectivity index (χ1v) is 11.7. The van der Waals surface area contributed by atoms with Crippen LogP contribution in [-0.2, 0) is 17.8 Å². The lowest BCUT2D eigenvalue weighted by Crippen LogP contribution is -2.25. The lowest BCUT2D eigenvalue weighted by atomic mass is 10.1. The Morgan fingerprint density at radius 1 is 1.03 bits per heavy atom. The Morgan fingerprint density at radius 2 is 1.78 bits per heavy atom. The maximum Gasteiger partial charge on any atom is 0.338 e. The number of benzene rings is 2. The number of halogens is 1. The predicted octanol–water partition coefficient (Wildman–Crippen LogP) is 4.38. The number of hydrogen-bond donors (Lipinski definition) is 1. The van der Waals surface area contributed by atoms with Crippen LogP contribution < -0.4 is 10.9 Å². The summed E-state index contributed by atoms with van der Waals surface area (Å²) in [6.07, 6.45) is 2.85. The van der Waals surface area contributed by atoms with E-state index in [2.05, 4.69) is 15.3 Å². The van der Waals surface area contributed by atoms with Gasteiger partial charge < -0.3 is 10.1 Å². The summed E-state index contributed by atoms with van der Waals surface area (Å²) in [7, 11) is 0. The zero-order valence-corrected chi connectivity index (χ0v) is 20.9. The van der Waals surface area contributed by atoms with Crippen LogP contribution >= 0.6 is 11.6 Å². The lowest BCUT2D eigenvalue weighted by Gasteiger charge is -2.19. The van der Waals surface area contributed by atoms with E-state index >= 15 is 0 Å². The number of aromatic nitrogens is 3. The Balaban J connectivity index is 1.51. The highest BCUT2D eigenvalue weighted by Gasteiger charge is 2.18. The number of rotatable bonds is 6. The fraction of sp³-hybridized carbons (Fsp3) is 0.222. The summed E-state index contributed by atoms with van der Waals surface area (Å²) in [4.78, 5) is 46.5. The topological polar surface area (TPSA) is 103 Å². The molecule has 0 atom stereocenters. The van der Waals surface area contributed by atoms with Crippen molar-refractivity contribution in [3.05, 3.63) is 105 Å². The number of fused-ring (bicyclic) bond motifs is 1. The summed E-state index contributed by atoms with van der Waals surface area (Å²) in [6, 6.07) is 15.5. The molecule has 2 aromatic carbocycles. The van der Waals surface area contributed by atoms with Crippen molar-refractivity contribution < 1.29 is 14.3 Å². The quantitative estimate of drug-likeness (QED) is 0.391. The van der Waals surface area contributed by atoms with Crippen LogP contribution in [0.4, 0.5) is 0 Å². The van der Waals surface area contributed by atoms with Crippen LogP contribution in [0, 0.1) is 0 Å². The van der Waals surface area contributed by atoms with Crippen molar-refractivity contribution >= 4 is 34.4 Å². The molecule has 0 spiro atoms. The zero-order chi connectivity index (χ0) is 25.9. The summed E-state index contributed by atoms with van der Waals surface area (Å²) in [5.74, 6) is -0.823. The van der Waals surface area contributed by atoms with Gasteiger partial charge in [0.2, 0.25) is 0 Å². The maximum atomic E-state index is 13.1. The molecule has 0 aliphatic heterocycles. The molecule has 0 bridgehead atoms. The predicted molar refractivity (Wildman–Crippen MR) is 137 cm³/mol. The Hall–Kier alpha value is -4.04. The van der Waals surface area contributed by atoms with Crippen LogP contribution in [-0.4, -0.2) is 32.0 Å². The normalized spacial score (nSPS) is 11.3. The van der Waals surface area contributed by atoms with E-state index in [9.17, 15) is 14.4 Å². The van der Waals surface area contributed by atoms with Gasteiger partial charge in [-0.05, 0) is 62.2 Å². The molecule has 4 rings (SSSR count). The first kappa shape index (κ1) is 25.1. The molecular weight excluding hydrogens is 480 g/mol. The average Bonchev–Trinajstić information content (AvgIpc) is 2.83. The first-order valence-electron chi connectivity index (χ1n) is 11.3. The largest absolute Gasteiger partial charge is 0.456 e. The highest BCUT2D eigenvalue weighted by molar-refractivity contribution is 6.30. The minimum Gasteiger partial charge on any atom is -0.456 e. The van der Waals surface area contributed by atoms with Crippen LogP contribution in [0.15, 0.2) is 71.9 Å². The molecule has 1 N–H and O–H groups in total. The van der Waals surface area contributed by atoms with E-state index in [0.717, 1.165) is 11.1 Å². The number of esters is 1. The van der Waals surface area contributed by atoms with Crippen molar-refractivity contribution in [1.82, 2.24) is 19.9 Å². The summed E-state index contributed by atoms with van der Waals surface area (Å²) < 4.78 is 6.82. The Kier molecular flexibility index (Phi) is 7.17. The van der Waals surface area contributed by atoms with Gasteiger partial charge in [0.05, 0.1) is 35.5 Å². The number of ether oxygens (including phenoxy) is 1. The van der Waals surface area contributed by atoms with Gasteiger partial charge in [0.1, 0.15) is 11.3 Å². The number of nitrogens with zero attached hydrogens (tertiary/aromatic N) is 3. The number of hydrogen-bond acceptors (Lipinski definition) is 6. The molecule has 8 nitrogen and oxygen atoms in total. The Bertz CT molecular complexity index is 1490. The van der Waals surface area contributed by atoms with E-state index in [4.69, 9.17) is 16.3 Å². The molecule has 36 heavy (non-hydrogen) atoms. The monoisotopic (exact) mass is 504 g/mol. The molecule has 0 unspecified atom stereocenters. The maximum absolute atomic E-state index is 13.1. The van der Waals surface area contributed by atoms with Gasteiger partial charge in [-0.2, -0.15) is 0 Å². The second kappa shape index (κ2) is 10.3. The average molecular weight is 505 g/mol. The molecule has 4 aromatic rings. The standard InChI is InChI=1S/C27H25ClN4O4/c1-27(2,3)36-26(35)19-9-7-17(8-10-19)15-32-16-31-23-14-29-22(12-21(23)25(32)34)24(33)30-13-18-5-4-6-20(28)11-18/h4-12,14,16H,13,15H2,1-3H3,(H,30,33). The Morgan fingerprint density at radius 3 is 2.47 bits per heavy atom. The molecule has 184 valence electrons. The molecule has 0 aliphatic carbocycles. The van der Waals surface area contributed by atoms with E-state index in [1.54, 1.807) is 42.5 Å². The van der Waals surface area contributed by atoms with Crippen molar-refractivity contribution in [2.75, 3.05) is 0 Å². The second-order valence-corrected chi connectivity index (χ2v) is 9.71. The minimum absolute atomic E-state index is 0.114. The number of nitrogens with one attached hydrogen (secondary N) is 1. The summed E-state index contributed by atoms with van der Waals surface area (Å²) >= 11 is 5.99. The highest BCUT2D eigenvalue weighted by Crippen LogP contribution is 2.14. The number of amides is 1. The summed E-state index contributed by atoms with van der Waals surface area (Å²) in [5, 5.41) is 3.65. The van der Waals surface area contributed by atoms with E-state index in [1.807, 2.05) is 26.8 Å². The molecule has 1 amide bonds. The van der Waals surface area contributed by atoms with Crippen molar-refractivity contribution in [2.24, 2.45) is 0 Å². The van der Waals surface area contributed by atoms with E-state index in [1.165, 1.54) is 23.2 Å². The number of carbonyl (C=O) groups excluding carboxylic acids is 2. The van der Waals surface area contributed by atoms with Crippen molar-refractivity contribution in [2.45, 2.75) is 39.5 Å². The number of pyridine rings is 1. The highest BCUT2D eigenvalue weighted by atomic mass is 35.5. The molecule has 0 saturated heterocycles. The van der Waals surface area contributed by atoms with Crippen LogP contribution in [0.5, 0.6) is 0 Å². The smallest absolute Gasteiger partial charge is 0.338 e. The van der Waals surface area contributed by atoms with Gasteiger partial charge in [0.25, 0.3) is 11.5 Å². The molecule has 9 heteroatoms. The van der Waals surface area contributed by atoms with Gasteiger partial charge in [-0.3, -0.25) is 14.2 Å². The van der Waals surface area contributed by atoms with Crippen LogP contribution in [0.3, 0.4) is 0 Å². The third-order valence-corrected chi connectivity index (χ3v) is 5.46. The molecule has 0 fully saturated rings. The Labute approximate surface area is 212 Å². The molecule has 0 saturated carbocycles. The zero-order valence-electron chi connectivity index (χ0n) is 20.1. The van der Waals surface area contributed by atoms with Crippen molar-refractivity contribution in [1.29, 1.82) is 0 Å². The molecule has 0 aliphatic rings. The molecular formula is C27H25ClN4O4. The van der Waals surface area contributed by atoms with Gasteiger partial charge in [0, 0.05) is 11.6 Å².